The molecule has 88 valence electrons. The van der Waals surface area contributed by atoms with Gasteiger partial charge in [0.25, 0.3) is 0 Å². The molecule has 5 heteroatoms. The van der Waals surface area contributed by atoms with Gasteiger partial charge in [-0.2, -0.15) is 0 Å². The molecule has 3 nitrogen and oxygen atoms in total. The third kappa shape index (κ3) is 3.61. The maximum absolute atomic E-state index is 8.56. The summed E-state index contributed by atoms with van der Waals surface area (Å²) in [5.41, 5.74) is 6.03. The van der Waals surface area contributed by atoms with Crippen LogP contribution in [0.25, 0.3) is 0 Å². The van der Waals surface area contributed by atoms with Gasteiger partial charge in [-0.05, 0) is 24.1 Å². The Morgan fingerprint density at radius 2 is 2.25 bits per heavy atom. The lowest BCUT2D eigenvalue weighted by molar-refractivity contribution is 0.318. The van der Waals surface area contributed by atoms with Crippen LogP contribution in [0, 0.1) is 5.92 Å². The lowest BCUT2D eigenvalue weighted by atomic mass is 10.2. The summed E-state index contributed by atoms with van der Waals surface area (Å²) < 4.78 is 0. The van der Waals surface area contributed by atoms with E-state index in [9.17, 15) is 0 Å². The molecule has 1 aromatic carbocycles. The lowest BCUT2D eigenvalue weighted by Crippen LogP contribution is -2.13. The molecule has 0 spiro atoms. The van der Waals surface area contributed by atoms with Crippen molar-refractivity contribution in [2.45, 2.75) is 18.7 Å². The minimum atomic E-state index is 0.0328. The largest absolute Gasteiger partial charge is 0.409 e. The molecule has 0 saturated heterocycles. The molecule has 1 rings (SSSR count). The Balaban J connectivity index is 2.83. The summed E-state index contributed by atoms with van der Waals surface area (Å²) in [6.07, 6.45) is 0. The molecule has 0 unspecified atom stereocenters. The summed E-state index contributed by atoms with van der Waals surface area (Å²) in [7, 11) is 0. The van der Waals surface area contributed by atoms with Gasteiger partial charge in [0.15, 0.2) is 5.84 Å². The number of rotatable bonds is 4. The average Bonchev–Trinajstić information content (AvgIpc) is 2.25. The molecule has 0 radical (unpaired) electrons. The van der Waals surface area contributed by atoms with E-state index in [4.69, 9.17) is 22.5 Å². The quantitative estimate of drug-likeness (QED) is 0.287. The summed E-state index contributed by atoms with van der Waals surface area (Å²) in [4.78, 5) is 1.09. The Bertz CT molecular complexity index is 394. The zero-order valence-corrected chi connectivity index (χ0v) is 10.8. The average molecular weight is 259 g/mol. The number of oxime groups is 1. The van der Waals surface area contributed by atoms with Crippen LogP contribution in [0.2, 0.25) is 5.02 Å². The molecule has 0 aliphatic heterocycles. The molecule has 0 aliphatic carbocycles. The predicted octanol–water partition coefficient (Wildman–Crippen LogP) is 3.18. The van der Waals surface area contributed by atoms with Crippen LogP contribution in [0.5, 0.6) is 0 Å². The van der Waals surface area contributed by atoms with Crippen LogP contribution in [0.4, 0.5) is 0 Å². The van der Waals surface area contributed by atoms with Crippen molar-refractivity contribution in [1.82, 2.24) is 0 Å². The Labute approximate surface area is 105 Å². The summed E-state index contributed by atoms with van der Waals surface area (Å²) in [6, 6.07) is 5.52. The van der Waals surface area contributed by atoms with Crippen molar-refractivity contribution in [3.8, 4) is 0 Å². The molecule has 0 atom stereocenters. The highest BCUT2D eigenvalue weighted by Crippen LogP contribution is 2.26. The Morgan fingerprint density at radius 3 is 2.75 bits per heavy atom. The van der Waals surface area contributed by atoms with Crippen molar-refractivity contribution in [2.75, 3.05) is 5.75 Å². The number of hydrogen-bond donors (Lipinski definition) is 2. The lowest BCUT2D eigenvalue weighted by Gasteiger charge is -2.07. The molecule has 1 aromatic rings. The fourth-order valence-electron chi connectivity index (χ4n) is 1.11. The van der Waals surface area contributed by atoms with Crippen LogP contribution in [-0.4, -0.2) is 16.8 Å². The highest BCUT2D eigenvalue weighted by molar-refractivity contribution is 7.99. The number of nitrogens with zero attached hydrogens (tertiary/aromatic N) is 1. The van der Waals surface area contributed by atoms with E-state index in [1.165, 1.54) is 0 Å². The highest BCUT2D eigenvalue weighted by atomic mass is 35.5. The molecule has 0 saturated carbocycles. The molecule has 3 N–H and O–H groups in total. The first-order valence-electron chi connectivity index (χ1n) is 4.95. The Morgan fingerprint density at radius 1 is 1.56 bits per heavy atom. The van der Waals surface area contributed by atoms with Gasteiger partial charge >= 0.3 is 0 Å². The maximum atomic E-state index is 8.56. The molecule has 16 heavy (non-hydrogen) atoms. The van der Waals surface area contributed by atoms with E-state index in [-0.39, 0.29) is 5.84 Å². The number of benzene rings is 1. The second kappa shape index (κ2) is 6.01. The third-order valence-electron chi connectivity index (χ3n) is 1.91. The fourth-order valence-corrected chi connectivity index (χ4v) is 2.34. The van der Waals surface area contributed by atoms with Crippen LogP contribution in [-0.2, 0) is 0 Å². The van der Waals surface area contributed by atoms with Gasteiger partial charge in [-0.3, -0.25) is 0 Å². The Kier molecular flexibility index (Phi) is 4.96. The van der Waals surface area contributed by atoms with E-state index in [2.05, 4.69) is 19.0 Å². The summed E-state index contributed by atoms with van der Waals surface area (Å²) in [6.45, 7) is 4.33. The van der Waals surface area contributed by atoms with Gasteiger partial charge in [-0.25, -0.2) is 0 Å². The molecule has 0 aromatic heterocycles. The van der Waals surface area contributed by atoms with E-state index in [1.54, 1.807) is 17.8 Å². The van der Waals surface area contributed by atoms with Gasteiger partial charge < -0.3 is 10.9 Å². The van der Waals surface area contributed by atoms with Crippen molar-refractivity contribution in [3.05, 3.63) is 28.8 Å². The van der Waals surface area contributed by atoms with Crippen molar-refractivity contribution in [3.63, 3.8) is 0 Å². The van der Waals surface area contributed by atoms with E-state index in [0.29, 0.717) is 16.5 Å². The van der Waals surface area contributed by atoms with Gasteiger partial charge in [0, 0.05) is 16.2 Å². The van der Waals surface area contributed by atoms with Gasteiger partial charge in [-0.15, -0.1) is 11.8 Å². The molecular formula is C11H15ClN2OS. The third-order valence-corrected chi connectivity index (χ3v) is 3.64. The number of thioether (sulfide) groups is 1. The van der Waals surface area contributed by atoms with Crippen molar-refractivity contribution in [2.24, 2.45) is 16.8 Å². The van der Waals surface area contributed by atoms with E-state index in [0.717, 1.165) is 10.6 Å². The molecular weight excluding hydrogens is 244 g/mol. The summed E-state index contributed by atoms with van der Waals surface area (Å²) in [5, 5.41) is 12.0. The topological polar surface area (TPSA) is 58.6 Å². The Hall–Kier alpha value is -0.870. The monoisotopic (exact) mass is 258 g/mol. The second-order valence-corrected chi connectivity index (χ2v) is 5.33. The SMILES string of the molecule is CC(C)CSc1ccc(C(N)=NO)c(Cl)c1. The molecule has 0 aliphatic rings. The first-order chi connectivity index (χ1) is 7.54. The van der Waals surface area contributed by atoms with Crippen molar-refractivity contribution in [1.29, 1.82) is 0 Å². The first-order valence-corrected chi connectivity index (χ1v) is 6.31. The van der Waals surface area contributed by atoms with Crippen LogP contribution >= 0.6 is 23.4 Å². The predicted molar refractivity (Wildman–Crippen MR) is 69.5 cm³/mol. The maximum Gasteiger partial charge on any atom is 0.171 e. The summed E-state index contributed by atoms with van der Waals surface area (Å²) in [5.74, 6) is 1.71. The van der Waals surface area contributed by atoms with Crippen molar-refractivity contribution < 1.29 is 5.21 Å². The van der Waals surface area contributed by atoms with Crippen LogP contribution < -0.4 is 5.73 Å². The van der Waals surface area contributed by atoms with Crippen LogP contribution in [0.15, 0.2) is 28.3 Å². The zero-order valence-electron chi connectivity index (χ0n) is 9.27. The van der Waals surface area contributed by atoms with E-state index in [1.807, 2.05) is 12.1 Å². The molecule has 0 bridgehead atoms. The highest BCUT2D eigenvalue weighted by Gasteiger charge is 2.06. The standard InChI is InChI=1S/C11H15ClN2OS/c1-7(2)6-16-8-3-4-9(10(12)5-8)11(13)14-15/h3-5,7,15H,6H2,1-2H3,(H2,13,14). The molecule has 0 amide bonds. The van der Waals surface area contributed by atoms with Crippen molar-refractivity contribution >= 4 is 29.2 Å². The molecule has 0 heterocycles. The number of halogens is 1. The minimum Gasteiger partial charge on any atom is -0.409 e. The normalized spacial score (nSPS) is 12.1. The summed E-state index contributed by atoms with van der Waals surface area (Å²) >= 11 is 7.78. The fraction of sp³-hybridized carbons (Fsp3) is 0.364. The van der Waals surface area contributed by atoms with E-state index < -0.39 is 0 Å². The van der Waals surface area contributed by atoms with Gasteiger partial charge in [0.1, 0.15) is 0 Å². The van der Waals surface area contributed by atoms with Gasteiger partial charge in [-0.1, -0.05) is 30.6 Å². The van der Waals surface area contributed by atoms with Gasteiger partial charge in [0.2, 0.25) is 0 Å². The number of nitrogens with two attached hydrogens (primary N) is 1. The first kappa shape index (κ1) is 13.2. The van der Waals surface area contributed by atoms with Crippen LogP contribution in [0.1, 0.15) is 19.4 Å². The van der Waals surface area contributed by atoms with E-state index >= 15 is 0 Å². The number of hydrogen-bond acceptors (Lipinski definition) is 3. The smallest absolute Gasteiger partial charge is 0.171 e. The molecule has 0 fully saturated rings. The minimum absolute atomic E-state index is 0.0328. The zero-order chi connectivity index (χ0) is 12.1. The second-order valence-electron chi connectivity index (χ2n) is 3.83. The van der Waals surface area contributed by atoms with Gasteiger partial charge in [0.05, 0.1) is 5.02 Å². The van der Waals surface area contributed by atoms with Crippen LogP contribution in [0.3, 0.4) is 0 Å². The number of amidine groups is 1.